The highest BCUT2D eigenvalue weighted by Crippen LogP contribution is 2.25. The highest BCUT2D eigenvalue weighted by atomic mass is 79.9. The average Bonchev–Trinajstić information content (AvgIpc) is 2.72. The molecule has 0 bridgehead atoms. The summed E-state index contributed by atoms with van der Waals surface area (Å²) in [6, 6.07) is 7.90. The Morgan fingerprint density at radius 1 is 1.18 bits per heavy atom. The fraction of sp³-hybridized carbons (Fsp3) is 0.0769. The molecule has 2 aromatic heterocycles. The first-order valence-electron chi connectivity index (χ1n) is 5.20. The lowest BCUT2D eigenvalue weighted by molar-refractivity contribution is 0.619. The normalized spacial score (nSPS) is 10.9. The van der Waals surface area contributed by atoms with E-state index in [4.69, 9.17) is 4.42 Å². The van der Waals surface area contributed by atoms with Crippen molar-refractivity contribution in [1.29, 1.82) is 0 Å². The summed E-state index contributed by atoms with van der Waals surface area (Å²) in [4.78, 5) is 8.54. The third-order valence-electron chi connectivity index (χ3n) is 2.50. The van der Waals surface area contributed by atoms with Gasteiger partial charge in [0.25, 0.3) is 0 Å². The molecular formula is C13H9BrN2O. The van der Waals surface area contributed by atoms with E-state index in [9.17, 15) is 0 Å². The van der Waals surface area contributed by atoms with E-state index in [0.717, 1.165) is 26.7 Å². The zero-order chi connectivity index (χ0) is 11.8. The van der Waals surface area contributed by atoms with Gasteiger partial charge < -0.3 is 4.42 Å². The van der Waals surface area contributed by atoms with Crippen molar-refractivity contribution in [3.63, 3.8) is 0 Å². The molecule has 3 aromatic rings. The molecule has 0 aliphatic carbocycles. The first-order chi connectivity index (χ1) is 8.22. The number of fused-ring (bicyclic) bond motifs is 1. The first kappa shape index (κ1) is 10.5. The molecule has 3 rings (SSSR count). The van der Waals surface area contributed by atoms with Gasteiger partial charge in [0.15, 0.2) is 5.58 Å². The van der Waals surface area contributed by atoms with Gasteiger partial charge in [-0.1, -0.05) is 6.07 Å². The molecule has 0 unspecified atom stereocenters. The van der Waals surface area contributed by atoms with Crippen LogP contribution in [0, 0.1) is 6.92 Å². The molecular weight excluding hydrogens is 280 g/mol. The molecule has 0 N–H and O–H groups in total. The molecule has 0 radical (unpaired) electrons. The van der Waals surface area contributed by atoms with Crippen molar-refractivity contribution >= 4 is 27.0 Å². The van der Waals surface area contributed by atoms with E-state index in [0.29, 0.717) is 5.89 Å². The molecule has 4 heteroatoms. The van der Waals surface area contributed by atoms with E-state index < -0.39 is 0 Å². The molecule has 0 fully saturated rings. The van der Waals surface area contributed by atoms with Crippen molar-refractivity contribution in [1.82, 2.24) is 9.97 Å². The van der Waals surface area contributed by atoms with Gasteiger partial charge in [0, 0.05) is 16.9 Å². The Labute approximate surface area is 107 Å². The van der Waals surface area contributed by atoms with E-state index >= 15 is 0 Å². The molecule has 84 valence electrons. The summed E-state index contributed by atoms with van der Waals surface area (Å²) < 4.78 is 6.63. The number of benzene rings is 1. The zero-order valence-electron chi connectivity index (χ0n) is 9.14. The molecule has 0 amide bonds. The highest BCUT2D eigenvalue weighted by molar-refractivity contribution is 9.10. The number of oxazole rings is 1. The third-order valence-corrected chi connectivity index (χ3v) is 2.93. The summed E-state index contributed by atoms with van der Waals surface area (Å²) >= 11 is 3.38. The molecule has 0 spiro atoms. The maximum atomic E-state index is 5.72. The first-order valence-corrected chi connectivity index (χ1v) is 6.00. The molecule has 0 saturated carbocycles. The molecule has 2 heterocycles. The number of hydrogen-bond acceptors (Lipinski definition) is 3. The van der Waals surface area contributed by atoms with Crippen LogP contribution in [0.15, 0.2) is 45.5 Å². The van der Waals surface area contributed by atoms with Crippen LogP contribution in [-0.2, 0) is 0 Å². The minimum atomic E-state index is 0.597. The number of aryl methyl sites for hydroxylation is 1. The van der Waals surface area contributed by atoms with Crippen LogP contribution in [0.3, 0.4) is 0 Å². The maximum Gasteiger partial charge on any atom is 0.228 e. The Hall–Kier alpha value is -1.68. The molecule has 0 atom stereocenters. The lowest BCUT2D eigenvalue weighted by Crippen LogP contribution is -1.79. The van der Waals surface area contributed by atoms with Gasteiger partial charge in [-0.25, -0.2) is 4.98 Å². The van der Waals surface area contributed by atoms with Crippen LogP contribution in [0.1, 0.15) is 5.56 Å². The minimum Gasteiger partial charge on any atom is -0.436 e. The molecule has 3 nitrogen and oxygen atoms in total. The Bertz CT molecular complexity index is 691. The van der Waals surface area contributed by atoms with Crippen molar-refractivity contribution in [3.05, 3.63) is 46.7 Å². The Kier molecular flexibility index (Phi) is 2.44. The summed E-state index contributed by atoms with van der Waals surface area (Å²) in [6.07, 6.45) is 3.47. The smallest absolute Gasteiger partial charge is 0.228 e. The second kappa shape index (κ2) is 3.96. The zero-order valence-corrected chi connectivity index (χ0v) is 10.7. The molecule has 0 saturated heterocycles. The van der Waals surface area contributed by atoms with Crippen LogP contribution < -0.4 is 0 Å². The standard InChI is InChI=1S/C13H9BrN2O/c1-8-2-3-11-12(4-8)17-13(16-11)9-5-10(14)7-15-6-9/h2-7H,1H3. The summed E-state index contributed by atoms with van der Waals surface area (Å²) in [5, 5.41) is 0. The van der Waals surface area contributed by atoms with Crippen molar-refractivity contribution < 1.29 is 4.42 Å². The average molecular weight is 289 g/mol. The number of rotatable bonds is 1. The molecule has 17 heavy (non-hydrogen) atoms. The van der Waals surface area contributed by atoms with E-state index in [2.05, 4.69) is 25.9 Å². The second-order valence-corrected chi connectivity index (χ2v) is 4.80. The molecule has 1 aromatic carbocycles. The lowest BCUT2D eigenvalue weighted by Gasteiger charge is -1.94. The Morgan fingerprint density at radius 3 is 2.88 bits per heavy atom. The SMILES string of the molecule is Cc1ccc2nc(-c3cncc(Br)c3)oc2c1. The van der Waals surface area contributed by atoms with E-state index in [-0.39, 0.29) is 0 Å². The molecule has 0 aliphatic rings. The number of aromatic nitrogens is 2. The number of nitrogens with zero attached hydrogens (tertiary/aromatic N) is 2. The topological polar surface area (TPSA) is 38.9 Å². The fourth-order valence-electron chi connectivity index (χ4n) is 1.68. The van der Waals surface area contributed by atoms with Crippen LogP contribution in [0.4, 0.5) is 0 Å². The molecule has 0 aliphatic heterocycles. The minimum absolute atomic E-state index is 0.597. The van der Waals surface area contributed by atoms with Gasteiger partial charge in [-0.2, -0.15) is 0 Å². The predicted molar refractivity (Wildman–Crippen MR) is 69.7 cm³/mol. The van der Waals surface area contributed by atoms with Crippen molar-refractivity contribution in [3.8, 4) is 11.5 Å². The number of pyridine rings is 1. The van der Waals surface area contributed by atoms with Gasteiger partial charge in [0.05, 0.1) is 5.56 Å². The predicted octanol–water partition coefficient (Wildman–Crippen LogP) is 3.96. The van der Waals surface area contributed by atoms with Gasteiger partial charge in [-0.05, 0) is 46.6 Å². The second-order valence-electron chi connectivity index (χ2n) is 3.88. The monoisotopic (exact) mass is 288 g/mol. The van der Waals surface area contributed by atoms with E-state index in [1.54, 1.807) is 12.4 Å². The summed E-state index contributed by atoms with van der Waals surface area (Å²) in [7, 11) is 0. The van der Waals surface area contributed by atoms with Crippen LogP contribution >= 0.6 is 15.9 Å². The van der Waals surface area contributed by atoms with Gasteiger partial charge in [-0.3, -0.25) is 4.98 Å². The Morgan fingerprint density at radius 2 is 2.06 bits per heavy atom. The van der Waals surface area contributed by atoms with Crippen molar-refractivity contribution in [2.75, 3.05) is 0 Å². The van der Waals surface area contributed by atoms with Gasteiger partial charge in [0.1, 0.15) is 5.52 Å². The van der Waals surface area contributed by atoms with E-state index in [1.807, 2.05) is 31.2 Å². The number of hydrogen-bond donors (Lipinski definition) is 0. The van der Waals surface area contributed by atoms with Crippen LogP contribution in [0.25, 0.3) is 22.6 Å². The van der Waals surface area contributed by atoms with Gasteiger partial charge >= 0.3 is 0 Å². The largest absolute Gasteiger partial charge is 0.436 e. The number of halogens is 1. The maximum absolute atomic E-state index is 5.72. The van der Waals surface area contributed by atoms with Crippen molar-refractivity contribution in [2.45, 2.75) is 6.92 Å². The fourth-order valence-corrected chi connectivity index (χ4v) is 2.05. The lowest BCUT2D eigenvalue weighted by atomic mass is 10.2. The van der Waals surface area contributed by atoms with Crippen molar-refractivity contribution in [2.24, 2.45) is 0 Å². The van der Waals surface area contributed by atoms with Gasteiger partial charge in [-0.15, -0.1) is 0 Å². The Balaban J connectivity index is 2.18. The quantitative estimate of drug-likeness (QED) is 0.680. The summed E-state index contributed by atoms with van der Waals surface area (Å²) in [5.74, 6) is 0.597. The summed E-state index contributed by atoms with van der Waals surface area (Å²) in [6.45, 7) is 2.03. The van der Waals surface area contributed by atoms with Crippen LogP contribution in [0.5, 0.6) is 0 Å². The van der Waals surface area contributed by atoms with Crippen LogP contribution in [0.2, 0.25) is 0 Å². The summed E-state index contributed by atoms with van der Waals surface area (Å²) in [5.41, 5.74) is 3.70. The van der Waals surface area contributed by atoms with Gasteiger partial charge in [0.2, 0.25) is 5.89 Å². The highest BCUT2D eigenvalue weighted by Gasteiger charge is 2.08. The van der Waals surface area contributed by atoms with Crippen LogP contribution in [-0.4, -0.2) is 9.97 Å². The van der Waals surface area contributed by atoms with E-state index in [1.165, 1.54) is 0 Å². The third kappa shape index (κ3) is 1.96.